The number of nitro benzene ring substituents is 1. The molecule has 0 bridgehead atoms. The van der Waals surface area contributed by atoms with E-state index in [9.17, 15) is 19.7 Å². The minimum Gasteiger partial charge on any atom is -0.490 e. The molecule has 1 rings (SSSR count). The predicted octanol–water partition coefficient (Wildman–Crippen LogP) is 1.16. The second-order valence-corrected chi connectivity index (χ2v) is 3.90. The van der Waals surface area contributed by atoms with Crippen LogP contribution < -0.4 is 4.74 Å². The highest BCUT2D eigenvalue weighted by Gasteiger charge is 2.23. The molecule has 1 aromatic carbocycles. The fourth-order valence-electron chi connectivity index (χ4n) is 1.60. The van der Waals surface area contributed by atoms with Gasteiger partial charge < -0.3 is 14.6 Å². The van der Waals surface area contributed by atoms with Crippen LogP contribution in [0.4, 0.5) is 5.69 Å². The van der Waals surface area contributed by atoms with Gasteiger partial charge in [0.2, 0.25) is 6.10 Å². The smallest absolute Gasteiger partial charge is 0.345 e. The van der Waals surface area contributed by atoms with Gasteiger partial charge in [-0.05, 0) is 11.6 Å². The quantitative estimate of drug-likeness (QED) is 0.473. The average Bonchev–Trinajstić information content (AvgIpc) is 2.37. The number of hydrogen-bond acceptors (Lipinski definition) is 6. The molecule has 0 aliphatic heterocycles. The Hall–Kier alpha value is -2.64. The summed E-state index contributed by atoms with van der Waals surface area (Å²) in [6, 6.07) is 4.03. The highest BCUT2D eigenvalue weighted by Crippen LogP contribution is 2.28. The van der Waals surface area contributed by atoms with Crippen molar-refractivity contribution < 1.29 is 29.1 Å². The Morgan fingerprint density at radius 3 is 2.55 bits per heavy atom. The maximum atomic E-state index is 10.9. The van der Waals surface area contributed by atoms with E-state index in [1.54, 1.807) is 0 Å². The molecule has 0 fully saturated rings. The van der Waals surface area contributed by atoms with Crippen LogP contribution >= 0.6 is 0 Å². The predicted molar refractivity (Wildman–Crippen MR) is 66.5 cm³/mol. The molecule has 1 unspecified atom stereocenters. The fraction of sp³-hybridized carbons (Fsp3) is 0.333. The third kappa shape index (κ3) is 3.94. The molecule has 108 valence electrons. The highest BCUT2D eigenvalue weighted by molar-refractivity contribution is 5.77. The molecule has 1 N–H and O–H groups in total. The lowest BCUT2D eigenvalue weighted by molar-refractivity contribution is -0.385. The minimum absolute atomic E-state index is 0.0677. The second-order valence-electron chi connectivity index (χ2n) is 3.90. The van der Waals surface area contributed by atoms with Crippen LogP contribution in [0.3, 0.4) is 0 Å². The van der Waals surface area contributed by atoms with E-state index < -0.39 is 23.0 Å². The van der Waals surface area contributed by atoms with E-state index in [1.807, 2.05) is 0 Å². The summed E-state index contributed by atoms with van der Waals surface area (Å²) in [5, 5.41) is 19.8. The Bertz CT molecular complexity index is 541. The number of nitrogens with zero attached hydrogens (tertiary/aromatic N) is 1. The molecule has 0 spiro atoms. The third-order valence-electron chi connectivity index (χ3n) is 2.44. The van der Waals surface area contributed by atoms with Gasteiger partial charge in [-0.15, -0.1) is 0 Å². The molecular weight excluding hydrogens is 270 g/mol. The number of esters is 1. The molecule has 20 heavy (non-hydrogen) atoms. The number of carboxylic acids is 1. The van der Waals surface area contributed by atoms with Gasteiger partial charge in [-0.3, -0.25) is 14.9 Å². The number of benzene rings is 1. The third-order valence-corrected chi connectivity index (χ3v) is 2.44. The van der Waals surface area contributed by atoms with Crippen LogP contribution in [0.5, 0.6) is 5.75 Å². The first kappa shape index (κ1) is 15.4. The number of hydrogen-bond donors (Lipinski definition) is 1. The van der Waals surface area contributed by atoms with Gasteiger partial charge in [0.05, 0.1) is 12.0 Å². The van der Waals surface area contributed by atoms with Crippen LogP contribution in [0.15, 0.2) is 18.2 Å². The van der Waals surface area contributed by atoms with E-state index in [0.29, 0.717) is 5.56 Å². The van der Waals surface area contributed by atoms with Crippen LogP contribution in [-0.2, 0) is 20.7 Å². The van der Waals surface area contributed by atoms with Crippen LogP contribution in [0.2, 0.25) is 0 Å². The largest absolute Gasteiger partial charge is 0.490 e. The second kappa shape index (κ2) is 6.50. The van der Waals surface area contributed by atoms with E-state index in [2.05, 4.69) is 4.74 Å². The summed E-state index contributed by atoms with van der Waals surface area (Å²) in [6.45, 7) is 1.09. The summed E-state index contributed by atoms with van der Waals surface area (Å²) in [4.78, 5) is 32.0. The van der Waals surface area contributed by atoms with Gasteiger partial charge in [0.25, 0.3) is 0 Å². The minimum atomic E-state index is -1.39. The lowest BCUT2D eigenvalue weighted by atomic mass is 10.1. The summed E-state index contributed by atoms with van der Waals surface area (Å²) in [6.07, 6.45) is -1.56. The molecular formula is C12H13NO7. The summed E-state index contributed by atoms with van der Waals surface area (Å²) < 4.78 is 9.47. The first-order chi connectivity index (χ1) is 9.35. The van der Waals surface area contributed by atoms with E-state index in [0.717, 1.165) is 6.92 Å². The number of methoxy groups -OCH3 is 1. The summed E-state index contributed by atoms with van der Waals surface area (Å²) in [5.74, 6) is -1.99. The monoisotopic (exact) mass is 283 g/mol. The Morgan fingerprint density at radius 1 is 1.45 bits per heavy atom. The number of carboxylic acid groups (broad SMARTS) is 1. The van der Waals surface area contributed by atoms with Crippen LogP contribution in [0, 0.1) is 10.1 Å². The zero-order chi connectivity index (χ0) is 15.3. The van der Waals surface area contributed by atoms with Gasteiger partial charge in [0.1, 0.15) is 0 Å². The number of nitro groups is 1. The van der Waals surface area contributed by atoms with E-state index >= 15 is 0 Å². The molecule has 0 saturated carbocycles. The summed E-state index contributed by atoms with van der Waals surface area (Å²) >= 11 is 0. The van der Waals surface area contributed by atoms with E-state index in [-0.39, 0.29) is 17.9 Å². The number of ether oxygens (including phenoxy) is 2. The van der Waals surface area contributed by atoms with Crippen LogP contribution in [0.25, 0.3) is 0 Å². The molecule has 0 aliphatic carbocycles. The van der Waals surface area contributed by atoms with E-state index in [1.165, 1.54) is 25.3 Å². The van der Waals surface area contributed by atoms with Crippen molar-refractivity contribution >= 4 is 17.6 Å². The van der Waals surface area contributed by atoms with Crippen molar-refractivity contribution in [2.24, 2.45) is 0 Å². The van der Waals surface area contributed by atoms with Gasteiger partial charge in [0, 0.05) is 19.4 Å². The molecule has 8 nitrogen and oxygen atoms in total. The standard InChI is InChI=1S/C12H13NO7/c1-7(14)20-11(12(15)16)6-8-3-4-10(19-2)9(5-8)13(17)18/h3-5,11H,6H2,1-2H3,(H,15,16). The molecule has 1 atom stereocenters. The number of carbonyl (C=O) groups is 2. The average molecular weight is 283 g/mol. The normalized spacial score (nSPS) is 11.5. The van der Waals surface area contributed by atoms with Gasteiger partial charge in [-0.25, -0.2) is 4.79 Å². The van der Waals surface area contributed by atoms with Crippen molar-refractivity contribution in [3.63, 3.8) is 0 Å². The molecule has 0 heterocycles. The molecule has 0 amide bonds. The molecule has 0 aromatic heterocycles. The maximum absolute atomic E-state index is 10.9. The van der Waals surface area contributed by atoms with Gasteiger partial charge in [-0.1, -0.05) is 6.07 Å². The number of aliphatic carboxylic acids is 1. The van der Waals surface area contributed by atoms with Gasteiger partial charge in [-0.2, -0.15) is 0 Å². The lowest BCUT2D eigenvalue weighted by Gasteiger charge is -2.12. The van der Waals surface area contributed by atoms with Crippen LogP contribution in [0.1, 0.15) is 12.5 Å². The molecule has 0 radical (unpaired) electrons. The maximum Gasteiger partial charge on any atom is 0.345 e. The summed E-state index contributed by atoms with van der Waals surface area (Å²) in [7, 11) is 1.29. The van der Waals surface area contributed by atoms with Crippen LogP contribution in [-0.4, -0.2) is 35.2 Å². The molecule has 1 aromatic rings. The van der Waals surface area contributed by atoms with Crippen molar-refractivity contribution in [3.8, 4) is 5.75 Å². The molecule has 8 heteroatoms. The van der Waals surface area contributed by atoms with Crippen molar-refractivity contribution in [3.05, 3.63) is 33.9 Å². The van der Waals surface area contributed by atoms with Crippen molar-refractivity contribution in [2.45, 2.75) is 19.4 Å². The zero-order valence-corrected chi connectivity index (χ0v) is 10.9. The zero-order valence-electron chi connectivity index (χ0n) is 10.9. The molecule has 0 aliphatic rings. The number of rotatable bonds is 6. The first-order valence-electron chi connectivity index (χ1n) is 5.56. The highest BCUT2D eigenvalue weighted by atomic mass is 16.6. The topological polar surface area (TPSA) is 116 Å². The van der Waals surface area contributed by atoms with Crippen molar-refractivity contribution in [2.75, 3.05) is 7.11 Å². The Labute approximate surface area is 114 Å². The lowest BCUT2D eigenvalue weighted by Crippen LogP contribution is -2.28. The number of carbonyl (C=O) groups excluding carboxylic acids is 1. The summed E-state index contributed by atoms with van der Waals surface area (Å²) in [5.41, 5.74) is 0.0723. The van der Waals surface area contributed by atoms with Crippen molar-refractivity contribution in [1.82, 2.24) is 0 Å². The Kier molecular flexibility index (Phi) is 5.01. The molecule has 0 saturated heterocycles. The van der Waals surface area contributed by atoms with Crippen molar-refractivity contribution in [1.29, 1.82) is 0 Å². The Balaban J connectivity index is 3.01. The fourth-order valence-corrected chi connectivity index (χ4v) is 1.60. The first-order valence-corrected chi connectivity index (χ1v) is 5.56. The SMILES string of the molecule is COc1ccc(CC(OC(C)=O)C(=O)O)cc1[N+](=O)[O-]. The van der Waals surface area contributed by atoms with Gasteiger partial charge in [0.15, 0.2) is 5.75 Å². The van der Waals surface area contributed by atoms with E-state index in [4.69, 9.17) is 9.84 Å². The van der Waals surface area contributed by atoms with Gasteiger partial charge >= 0.3 is 17.6 Å². The Morgan fingerprint density at radius 2 is 2.10 bits per heavy atom.